The third-order valence-electron chi connectivity index (χ3n) is 4.00. The second-order valence-electron chi connectivity index (χ2n) is 5.92. The quantitative estimate of drug-likeness (QED) is 0.226. The van der Waals surface area contributed by atoms with E-state index in [0.717, 1.165) is 0 Å². The fourth-order valence-electron chi connectivity index (χ4n) is 2.68. The zero-order valence-corrected chi connectivity index (χ0v) is 20.0. The second kappa shape index (κ2) is 10.3. The molecule has 0 aliphatic heterocycles. The van der Waals surface area contributed by atoms with E-state index in [1.807, 2.05) is 0 Å². The van der Waals surface area contributed by atoms with Crippen LogP contribution in [-0.2, 0) is 10.1 Å². The number of nitro benzene ring substituents is 2. The van der Waals surface area contributed by atoms with Gasteiger partial charge in [0.1, 0.15) is 10.1 Å². The molecule has 11 nitrogen and oxygen atoms in total. The molecule has 0 saturated carbocycles. The zero-order valence-electron chi connectivity index (χ0n) is 16.0. The van der Waals surface area contributed by atoms with E-state index in [4.69, 9.17) is 0 Å². The molecule has 0 fully saturated rings. The van der Waals surface area contributed by atoms with Crippen LogP contribution >= 0.6 is 0 Å². The molecule has 0 aliphatic carbocycles. The fraction of sp³-hybridized carbons (Fsp3) is 0. The molecule has 0 radical (unpaired) electrons. The van der Waals surface area contributed by atoms with Gasteiger partial charge in [-0.15, -0.1) is 0 Å². The van der Waals surface area contributed by atoms with Gasteiger partial charge in [-0.05, 0) is 24.3 Å². The maximum atomic E-state index is 11.6. The van der Waals surface area contributed by atoms with Gasteiger partial charge in [0.05, 0.1) is 26.1 Å². The van der Waals surface area contributed by atoms with Crippen LogP contribution < -0.4 is 61.8 Å². The summed E-state index contributed by atoms with van der Waals surface area (Å²) in [4.78, 5) is 20.0. The van der Waals surface area contributed by atoms with Crippen molar-refractivity contribution in [3.8, 4) is 0 Å². The number of rotatable bonds is 7. The van der Waals surface area contributed by atoms with Crippen LogP contribution in [0.4, 0.5) is 28.4 Å². The summed E-state index contributed by atoms with van der Waals surface area (Å²) in [6.07, 6.45) is 0. The number of nitrogens with one attached hydrogen (secondary N) is 1. The number of benzene rings is 3. The van der Waals surface area contributed by atoms with Crippen LogP contribution in [0.5, 0.6) is 0 Å². The Bertz CT molecular complexity index is 1130. The van der Waals surface area contributed by atoms with Crippen LogP contribution in [0.15, 0.2) is 77.7 Å². The van der Waals surface area contributed by atoms with Gasteiger partial charge in [0.15, 0.2) is 0 Å². The van der Waals surface area contributed by atoms with Gasteiger partial charge in [-0.25, -0.2) is 8.42 Å². The molecule has 31 heavy (non-hydrogen) atoms. The number of nitro groups is 2. The molecule has 0 aromatic heterocycles. The van der Waals surface area contributed by atoms with Gasteiger partial charge in [0, 0.05) is 12.1 Å². The SMILES string of the molecule is O=[N+]([O-])c1cc(S(=O)(=O)[O-])cc([N+](=O)[O-])c1NN(c1ccccc1)c1ccccc1.[K+]. The standard InChI is InChI=1S/C18H14N4O7S.K/c23-21(24)16-11-15(30(27,28)29)12-17(22(25)26)18(16)19-20(13-7-3-1-4-8-13)14-9-5-2-6-10-14;/h1-12,19H,(H,27,28,29);/q;+1/p-1. The Morgan fingerprint density at radius 2 is 1.16 bits per heavy atom. The predicted octanol–water partition coefficient (Wildman–Crippen LogP) is 0.576. The molecule has 0 spiro atoms. The van der Waals surface area contributed by atoms with Gasteiger partial charge in [-0.1, -0.05) is 36.4 Å². The number of hydrogen-bond acceptors (Lipinski definition) is 9. The molecule has 0 bridgehead atoms. The molecule has 0 atom stereocenters. The average molecular weight is 468 g/mol. The van der Waals surface area contributed by atoms with Crippen molar-refractivity contribution in [1.82, 2.24) is 0 Å². The van der Waals surface area contributed by atoms with Crippen LogP contribution in [0.3, 0.4) is 0 Å². The molecular formula is C18H13KN4O7S. The predicted molar refractivity (Wildman–Crippen MR) is 106 cm³/mol. The normalized spacial score (nSPS) is 10.6. The first kappa shape index (κ1) is 24.9. The van der Waals surface area contributed by atoms with Crippen LogP contribution in [-0.4, -0.2) is 22.8 Å². The van der Waals surface area contributed by atoms with Crippen LogP contribution in [0.1, 0.15) is 0 Å². The molecular weight excluding hydrogens is 455 g/mol. The van der Waals surface area contributed by atoms with Gasteiger partial charge in [0.2, 0.25) is 5.69 Å². The summed E-state index contributed by atoms with van der Waals surface area (Å²) in [7, 11) is -5.16. The molecule has 1 N–H and O–H groups in total. The minimum atomic E-state index is -5.16. The van der Waals surface area contributed by atoms with E-state index in [1.165, 1.54) is 5.01 Å². The van der Waals surface area contributed by atoms with E-state index in [9.17, 15) is 33.2 Å². The molecule has 0 heterocycles. The molecule has 0 saturated heterocycles. The summed E-state index contributed by atoms with van der Waals surface area (Å²) in [5.41, 5.74) is 1.18. The van der Waals surface area contributed by atoms with Crippen molar-refractivity contribution in [2.75, 3.05) is 10.4 Å². The molecule has 3 rings (SSSR count). The van der Waals surface area contributed by atoms with E-state index >= 15 is 0 Å². The third kappa shape index (κ3) is 5.85. The Morgan fingerprint density at radius 3 is 1.48 bits per heavy atom. The van der Waals surface area contributed by atoms with E-state index in [2.05, 4.69) is 5.43 Å². The van der Waals surface area contributed by atoms with Gasteiger partial charge in [-0.2, -0.15) is 0 Å². The fourth-order valence-corrected chi connectivity index (χ4v) is 3.19. The molecule has 3 aromatic carbocycles. The molecule has 0 unspecified atom stereocenters. The van der Waals surface area contributed by atoms with Crippen molar-refractivity contribution >= 4 is 38.6 Å². The minimum absolute atomic E-state index is 0. The summed E-state index contributed by atoms with van der Waals surface area (Å²) in [5, 5.41) is 24.5. The summed E-state index contributed by atoms with van der Waals surface area (Å²) >= 11 is 0. The summed E-state index contributed by atoms with van der Waals surface area (Å²) < 4.78 is 34.0. The molecule has 0 amide bonds. The van der Waals surface area contributed by atoms with Crippen LogP contribution in [0.25, 0.3) is 0 Å². The second-order valence-corrected chi connectivity index (χ2v) is 7.30. The van der Waals surface area contributed by atoms with E-state index in [0.29, 0.717) is 23.5 Å². The molecule has 13 heteroatoms. The van der Waals surface area contributed by atoms with Crippen LogP contribution in [0.2, 0.25) is 0 Å². The first-order valence-corrected chi connectivity index (χ1v) is 9.69. The van der Waals surface area contributed by atoms with E-state index < -0.39 is 41.9 Å². The largest absolute Gasteiger partial charge is 1.00 e. The maximum absolute atomic E-state index is 11.6. The topological polar surface area (TPSA) is 159 Å². The van der Waals surface area contributed by atoms with E-state index in [-0.39, 0.29) is 51.4 Å². The molecule has 0 aliphatic rings. The number of para-hydroxylation sites is 2. The van der Waals surface area contributed by atoms with Crippen molar-refractivity contribution in [3.05, 3.63) is 93.0 Å². The van der Waals surface area contributed by atoms with Gasteiger partial charge in [0.25, 0.3) is 0 Å². The molecule has 3 aromatic rings. The number of hydrogen-bond donors (Lipinski definition) is 1. The Labute approximate surface area is 219 Å². The first-order chi connectivity index (χ1) is 14.2. The van der Waals surface area contributed by atoms with Gasteiger partial charge >= 0.3 is 62.8 Å². The Balaban J connectivity index is 0.00000341. The van der Waals surface area contributed by atoms with Crippen molar-refractivity contribution in [2.45, 2.75) is 4.90 Å². The number of nitrogens with zero attached hydrogens (tertiary/aromatic N) is 3. The monoisotopic (exact) mass is 468 g/mol. The van der Waals surface area contributed by atoms with Gasteiger partial charge in [-0.3, -0.25) is 30.7 Å². The number of hydrazine groups is 1. The summed E-state index contributed by atoms with van der Waals surface area (Å²) in [5.74, 6) is 0. The Hall–Kier alpha value is -2.39. The number of anilines is 3. The zero-order chi connectivity index (χ0) is 21.9. The van der Waals surface area contributed by atoms with Crippen molar-refractivity contribution in [2.24, 2.45) is 0 Å². The Morgan fingerprint density at radius 1 is 0.774 bits per heavy atom. The third-order valence-corrected chi connectivity index (χ3v) is 4.82. The van der Waals surface area contributed by atoms with Gasteiger partial charge < -0.3 is 4.55 Å². The van der Waals surface area contributed by atoms with Crippen molar-refractivity contribution in [3.63, 3.8) is 0 Å². The smallest absolute Gasteiger partial charge is 0.744 e. The minimum Gasteiger partial charge on any atom is -0.744 e. The summed E-state index contributed by atoms with van der Waals surface area (Å²) in [6.45, 7) is 0. The average Bonchev–Trinajstić information content (AvgIpc) is 2.71. The van der Waals surface area contributed by atoms with Crippen molar-refractivity contribution < 1.29 is 74.2 Å². The maximum Gasteiger partial charge on any atom is 1.00 e. The molecule has 154 valence electrons. The Kier molecular flexibility index (Phi) is 8.25. The van der Waals surface area contributed by atoms with E-state index in [1.54, 1.807) is 60.7 Å². The van der Waals surface area contributed by atoms with Crippen molar-refractivity contribution in [1.29, 1.82) is 0 Å². The summed E-state index contributed by atoms with van der Waals surface area (Å²) in [6, 6.07) is 17.9. The first-order valence-electron chi connectivity index (χ1n) is 8.28. The van der Waals surface area contributed by atoms with Crippen LogP contribution in [0, 0.1) is 20.2 Å².